The van der Waals surface area contributed by atoms with E-state index < -0.39 is 15.9 Å². The van der Waals surface area contributed by atoms with Gasteiger partial charge in [0.15, 0.2) is 0 Å². The molecule has 0 aromatic heterocycles. The summed E-state index contributed by atoms with van der Waals surface area (Å²) < 4.78 is 32.2. The van der Waals surface area contributed by atoms with Crippen LogP contribution >= 0.6 is 0 Å². The second kappa shape index (κ2) is 7.87. The minimum Gasteiger partial charge on any atom is -0.374 e. The summed E-state index contributed by atoms with van der Waals surface area (Å²) in [7, 11) is -1.63. The van der Waals surface area contributed by atoms with E-state index in [9.17, 15) is 13.2 Å². The molecule has 1 aliphatic heterocycles. The van der Waals surface area contributed by atoms with Crippen molar-refractivity contribution in [2.24, 2.45) is 5.73 Å². The van der Waals surface area contributed by atoms with Crippen molar-refractivity contribution >= 4 is 15.9 Å². The molecule has 2 rings (SSSR count). The quantitative estimate of drug-likeness (QED) is 0.731. The monoisotopic (exact) mass is 341 g/mol. The van der Waals surface area contributed by atoms with Crippen molar-refractivity contribution in [3.8, 4) is 0 Å². The Bertz CT molecular complexity index is 621. The number of carbonyl (C=O) groups is 1. The first kappa shape index (κ1) is 17.9. The van der Waals surface area contributed by atoms with Gasteiger partial charge in [0.05, 0.1) is 25.0 Å². The number of nitrogens with zero attached hydrogens (tertiary/aromatic N) is 2. The third kappa shape index (κ3) is 5.58. The molecule has 1 aromatic rings. The largest absolute Gasteiger partial charge is 0.374 e. The molecule has 0 bridgehead atoms. The van der Waals surface area contributed by atoms with Crippen LogP contribution in [0.1, 0.15) is 5.56 Å². The number of sulfonamides is 1. The van der Waals surface area contributed by atoms with Crippen molar-refractivity contribution in [2.45, 2.75) is 11.9 Å². The van der Waals surface area contributed by atoms with E-state index in [2.05, 4.69) is 0 Å². The number of likely N-dealkylation sites (N-methyl/N-ethyl adjacent to an activating group) is 1. The van der Waals surface area contributed by atoms with Crippen molar-refractivity contribution in [1.29, 1.82) is 0 Å². The van der Waals surface area contributed by atoms with Crippen LogP contribution in [0.4, 0.5) is 0 Å². The fraction of sp³-hybridized carbons (Fsp3) is 0.533. The zero-order valence-corrected chi connectivity index (χ0v) is 14.0. The van der Waals surface area contributed by atoms with E-state index in [0.29, 0.717) is 19.7 Å². The van der Waals surface area contributed by atoms with Crippen LogP contribution in [0.2, 0.25) is 0 Å². The molecular formula is C15H23N3O4S. The first-order valence-electron chi connectivity index (χ1n) is 7.47. The minimum atomic E-state index is -3.38. The van der Waals surface area contributed by atoms with Gasteiger partial charge in [0.25, 0.3) is 0 Å². The van der Waals surface area contributed by atoms with Crippen LogP contribution in [0.3, 0.4) is 0 Å². The van der Waals surface area contributed by atoms with Crippen LogP contribution in [0.5, 0.6) is 0 Å². The second-order valence-electron chi connectivity index (χ2n) is 5.76. The smallest absolute Gasteiger partial charge is 0.231 e. The molecule has 1 heterocycles. The zero-order valence-electron chi connectivity index (χ0n) is 13.2. The maximum absolute atomic E-state index is 12.5. The Kier molecular flexibility index (Phi) is 6.11. The summed E-state index contributed by atoms with van der Waals surface area (Å²) in [6.45, 7) is 1.57. The average molecular weight is 341 g/mol. The summed E-state index contributed by atoms with van der Waals surface area (Å²) >= 11 is 0. The highest BCUT2D eigenvalue weighted by Crippen LogP contribution is 2.15. The lowest BCUT2D eigenvalue weighted by atomic mass is 10.2. The van der Waals surface area contributed by atoms with E-state index in [1.807, 2.05) is 18.2 Å². The molecule has 1 aliphatic rings. The predicted octanol–water partition coefficient (Wildman–Crippen LogP) is -0.366. The SMILES string of the molecule is CN(CC(N)=O)C[C@@H]1CN(S(=O)(=O)Cc2ccccc2)CCO1. The Labute approximate surface area is 137 Å². The lowest BCUT2D eigenvalue weighted by Gasteiger charge is -2.34. The molecule has 0 saturated carbocycles. The normalized spacial score (nSPS) is 19.8. The van der Waals surface area contributed by atoms with Crippen molar-refractivity contribution in [3.63, 3.8) is 0 Å². The molecule has 1 aromatic carbocycles. The molecule has 0 aliphatic carbocycles. The Morgan fingerprint density at radius 2 is 2.09 bits per heavy atom. The number of rotatable bonds is 7. The van der Waals surface area contributed by atoms with Gasteiger partial charge in [-0.05, 0) is 12.6 Å². The average Bonchev–Trinajstić information content (AvgIpc) is 2.47. The molecule has 1 fully saturated rings. The molecule has 23 heavy (non-hydrogen) atoms. The van der Waals surface area contributed by atoms with Gasteiger partial charge < -0.3 is 10.5 Å². The standard InChI is InChI=1S/C15H23N3O4S/c1-17(11-15(16)19)9-14-10-18(7-8-22-14)23(20,21)12-13-5-3-2-4-6-13/h2-6,14H,7-12H2,1H3,(H2,16,19)/t14-/m1/s1. The summed E-state index contributed by atoms with van der Waals surface area (Å²) in [5, 5.41) is 0. The van der Waals surface area contributed by atoms with Gasteiger partial charge in [-0.2, -0.15) is 4.31 Å². The predicted molar refractivity (Wildman–Crippen MR) is 87.1 cm³/mol. The molecule has 1 atom stereocenters. The highest BCUT2D eigenvalue weighted by Gasteiger charge is 2.30. The number of amides is 1. The lowest BCUT2D eigenvalue weighted by molar-refractivity contribution is -0.119. The van der Waals surface area contributed by atoms with Crippen LogP contribution in [0, 0.1) is 0 Å². The summed E-state index contributed by atoms with van der Waals surface area (Å²) in [5.41, 5.74) is 5.92. The lowest BCUT2D eigenvalue weighted by Crippen LogP contribution is -2.50. The van der Waals surface area contributed by atoms with Gasteiger partial charge in [-0.25, -0.2) is 8.42 Å². The van der Waals surface area contributed by atoms with E-state index >= 15 is 0 Å². The van der Waals surface area contributed by atoms with E-state index in [1.165, 1.54) is 4.31 Å². The van der Waals surface area contributed by atoms with Gasteiger partial charge in [0.2, 0.25) is 15.9 Å². The third-order valence-electron chi connectivity index (χ3n) is 3.63. The molecule has 0 spiro atoms. The molecule has 128 valence electrons. The summed E-state index contributed by atoms with van der Waals surface area (Å²) in [5.74, 6) is -0.436. The molecule has 8 heteroatoms. The third-order valence-corrected chi connectivity index (χ3v) is 5.44. The van der Waals surface area contributed by atoms with Crippen molar-refractivity contribution in [2.75, 3.05) is 39.8 Å². The highest BCUT2D eigenvalue weighted by atomic mass is 32.2. The number of primary amides is 1. The first-order chi connectivity index (χ1) is 10.9. The van der Waals surface area contributed by atoms with Crippen molar-refractivity contribution < 1.29 is 17.9 Å². The number of nitrogens with two attached hydrogens (primary N) is 1. The fourth-order valence-corrected chi connectivity index (χ4v) is 4.15. The van der Waals surface area contributed by atoms with E-state index in [4.69, 9.17) is 10.5 Å². The summed E-state index contributed by atoms with van der Waals surface area (Å²) in [6.07, 6.45) is -0.265. The van der Waals surface area contributed by atoms with Gasteiger partial charge >= 0.3 is 0 Å². The fourth-order valence-electron chi connectivity index (χ4n) is 2.61. The second-order valence-corrected chi connectivity index (χ2v) is 7.72. The summed E-state index contributed by atoms with van der Waals surface area (Å²) in [6, 6.07) is 9.11. The maximum Gasteiger partial charge on any atom is 0.231 e. The van der Waals surface area contributed by atoms with Gasteiger partial charge in [-0.3, -0.25) is 9.69 Å². The van der Waals surface area contributed by atoms with Gasteiger partial charge in [-0.1, -0.05) is 30.3 Å². The Balaban J connectivity index is 1.95. The van der Waals surface area contributed by atoms with Crippen LogP contribution in [-0.4, -0.2) is 69.5 Å². The Morgan fingerprint density at radius 3 is 2.74 bits per heavy atom. The van der Waals surface area contributed by atoms with Gasteiger partial charge in [-0.15, -0.1) is 0 Å². The molecule has 1 amide bonds. The number of hydrogen-bond acceptors (Lipinski definition) is 5. The summed E-state index contributed by atoms with van der Waals surface area (Å²) in [4.78, 5) is 12.6. The number of ether oxygens (including phenoxy) is 1. The van der Waals surface area contributed by atoms with Crippen molar-refractivity contribution in [1.82, 2.24) is 9.21 Å². The number of morpholine rings is 1. The number of benzene rings is 1. The van der Waals surface area contributed by atoms with Crippen LogP contribution < -0.4 is 5.73 Å². The van der Waals surface area contributed by atoms with E-state index in [1.54, 1.807) is 24.1 Å². The molecule has 2 N–H and O–H groups in total. The Hall–Kier alpha value is -1.48. The van der Waals surface area contributed by atoms with E-state index in [0.717, 1.165) is 5.56 Å². The minimum absolute atomic E-state index is 0.0162. The van der Waals surface area contributed by atoms with E-state index in [-0.39, 0.29) is 24.9 Å². The first-order valence-corrected chi connectivity index (χ1v) is 9.08. The van der Waals surface area contributed by atoms with Gasteiger partial charge in [0.1, 0.15) is 0 Å². The zero-order chi connectivity index (χ0) is 16.9. The topological polar surface area (TPSA) is 92.9 Å². The number of hydrogen-bond donors (Lipinski definition) is 1. The molecule has 1 saturated heterocycles. The van der Waals surface area contributed by atoms with Crippen LogP contribution in [-0.2, 0) is 25.3 Å². The molecular weight excluding hydrogens is 318 g/mol. The van der Waals surface area contributed by atoms with Crippen molar-refractivity contribution in [3.05, 3.63) is 35.9 Å². The maximum atomic E-state index is 12.5. The van der Waals surface area contributed by atoms with Crippen LogP contribution in [0.25, 0.3) is 0 Å². The van der Waals surface area contributed by atoms with Crippen LogP contribution in [0.15, 0.2) is 30.3 Å². The number of carbonyl (C=O) groups excluding carboxylic acids is 1. The molecule has 0 unspecified atom stereocenters. The highest BCUT2D eigenvalue weighted by molar-refractivity contribution is 7.88. The molecule has 7 nitrogen and oxygen atoms in total. The van der Waals surface area contributed by atoms with Gasteiger partial charge in [0, 0.05) is 19.6 Å². The Morgan fingerprint density at radius 1 is 1.39 bits per heavy atom. The molecule has 0 radical (unpaired) electrons.